The summed E-state index contributed by atoms with van der Waals surface area (Å²) in [7, 11) is 0. The summed E-state index contributed by atoms with van der Waals surface area (Å²) in [4.78, 5) is 4.31. The fourth-order valence-electron chi connectivity index (χ4n) is 2.24. The Kier molecular flexibility index (Phi) is 4.07. The highest BCUT2D eigenvalue weighted by molar-refractivity contribution is 5.40. The first-order valence-corrected chi connectivity index (χ1v) is 7.03. The van der Waals surface area contributed by atoms with Gasteiger partial charge in [-0.25, -0.2) is 4.68 Å². The summed E-state index contributed by atoms with van der Waals surface area (Å²) in [5, 5.41) is 7.76. The van der Waals surface area contributed by atoms with Gasteiger partial charge in [-0.3, -0.25) is 4.98 Å². The maximum absolute atomic E-state index is 4.31. The molecule has 0 saturated heterocycles. The third-order valence-electron chi connectivity index (χ3n) is 3.36. The Morgan fingerprint density at radius 3 is 2.71 bits per heavy atom. The molecule has 3 rings (SSSR count). The van der Waals surface area contributed by atoms with Gasteiger partial charge in [0, 0.05) is 37.4 Å². The quantitative estimate of drug-likeness (QED) is 0.780. The maximum atomic E-state index is 4.31. The zero-order valence-electron chi connectivity index (χ0n) is 12.0. The van der Waals surface area contributed by atoms with Crippen LogP contribution in [0.5, 0.6) is 0 Å². The molecule has 0 aliphatic rings. The number of hydrogen-bond acceptors (Lipinski definition) is 3. The van der Waals surface area contributed by atoms with Crippen LogP contribution < -0.4 is 5.32 Å². The van der Waals surface area contributed by atoms with E-state index < -0.39 is 0 Å². The summed E-state index contributed by atoms with van der Waals surface area (Å²) in [5.41, 5.74) is 4.57. The number of pyridine rings is 1. The molecule has 3 aromatic rings. The van der Waals surface area contributed by atoms with Gasteiger partial charge < -0.3 is 5.32 Å². The van der Waals surface area contributed by atoms with E-state index in [2.05, 4.69) is 39.7 Å². The van der Waals surface area contributed by atoms with E-state index in [0.717, 1.165) is 24.5 Å². The number of para-hydroxylation sites is 1. The second-order valence-corrected chi connectivity index (χ2v) is 4.99. The maximum Gasteiger partial charge on any atom is 0.0690 e. The summed E-state index contributed by atoms with van der Waals surface area (Å²) in [6, 6.07) is 14.4. The molecule has 0 aliphatic heterocycles. The van der Waals surface area contributed by atoms with Crippen LogP contribution in [0.25, 0.3) is 5.69 Å². The van der Waals surface area contributed by atoms with Gasteiger partial charge in [-0.05, 0) is 36.2 Å². The van der Waals surface area contributed by atoms with Crippen LogP contribution in [0.1, 0.15) is 16.8 Å². The normalized spacial score (nSPS) is 10.7. The second kappa shape index (κ2) is 6.33. The molecule has 0 unspecified atom stereocenters. The third-order valence-corrected chi connectivity index (χ3v) is 3.36. The Hall–Kier alpha value is -2.46. The molecule has 2 heterocycles. The van der Waals surface area contributed by atoms with Gasteiger partial charge in [0.2, 0.25) is 0 Å². The van der Waals surface area contributed by atoms with Gasteiger partial charge in [0.25, 0.3) is 0 Å². The number of aromatic nitrogens is 3. The van der Waals surface area contributed by atoms with E-state index in [1.807, 2.05) is 42.2 Å². The lowest BCUT2D eigenvalue weighted by molar-refractivity contribution is 0.684. The van der Waals surface area contributed by atoms with Crippen LogP contribution in [0.2, 0.25) is 0 Å². The van der Waals surface area contributed by atoms with Crippen molar-refractivity contribution >= 4 is 0 Å². The van der Waals surface area contributed by atoms with Crippen molar-refractivity contribution in [3.63, 3.8) is 0 Å². The molecule has 1 aromatic carbocycles. The minimum absolute atomic E-state index is 0.796. The topological polar surface area (TPSA) is 42.7 Å². The lowest BCUT2D eigenvalue weighted by Crippen LogP contribution is -2.14. The molecule has 0 radical (unpaired) electrons. The lowest BCUT2D eigenvalue weighted by Gasteiger charge is -2.10. The Balaban J connectivity index is 1.67. The molecule has 0 bridgehead atoms. The molecule has 0 amide bonds. The fourth-order valence-corrected chi connectivity index (χ4v) is 2.24. The van der Waals surface area contributed by atoms with E-state index in [-0.39, 0.29) is 0 Å². The van der Waals surface area contributed by atoms with E-state index in [9.17, 15) is 0 Å². The van der Waals surface area contributed by atoms with Crippen molar-refractivity contribution in [2.75, 3.05) is 0 Å². The van der Waals surface area contributed by atoms with Crippen molar-refractivity contribution < 1.29 is 0 Å². The molecule has 0 atom stereocenters. The average molecular weight is 278 g/mol. The summed E-state index contributed by atoms with van der Waals surface area (Å²) < 4.78 is 1.89. The van der Waals surface area contributed by atoms with Crippen LogP contribution in [0.15, 0.2) is 61.1 Å². The van der Waals surface area contributed by atoms with Crippen LogP contribution in [0.3, 0.4) is 0 Å². The van der Waals surface area contributed by atoms with Crippen LogP contribution in [-0.4, -0.2) is 14.8 Å². The molecular weight excluding hydrogens is 260 g/mol. The van der Waals surface area contributed by atoms with Crippen LogP contribution in [0.4, 0.5) is 0 Å². The number of aryl methyl sites for hydroxylation is 1. The molecule has 0 fully saturated rings. The van der Waals surface area contributed by atoms with Crippen molar-refractivity contribution in [1.29, 1.82) is 0 Å². The molecule has 4 heteroatoms. The first-order valence-electron chi connectivity index (χ1n) is 7.03. The minimum Gasteiger partial charge on any atom is -0.308 e. The monoisotopic (exact) mass is 278 g/mol. The number of nitrogens with zero attached hydrogens (tertiary/aromatic N) is 3. The van der Waals surface area contributed by atoms with Crippen LogP contribution in [-0.2, 0) is 13.1 Å². The summed E-state index contributed by atoms with van der Waals surface area (Å²) in [6.07, 6.45) is 5.67. The molecule has 4 nitrogen and oxygen atoms in total. The van der Waals surface area contributed by atoms with Gasteiger partial charge in [-0.1, -0.05) is 24.3 Å². The lowest BCUT2D eigenvalue weighted by atomic mass is 10.1. The Morgan fingerprint density at radius 1 is 1.05 bits per heavy atom. The van der Waals surface area contributed by atoms with Gasteiger partial charge >= 0.3 is 0 Å². The standard InChI is InChI=1S/C17H18N4/c1-14-7-8-15(12-19-14)11-18-13-16-5-2-3-6-17(16)21-10-4-9-20-21/h2-10,12,18H,11,13H2,1H3. The number of nitrogens with one attached hydrogen (secondary N) is 1. The fraction of sp³-hybridized carbons (Fsp3) is 0.176. The molecular formula is C17H18N4. The van der Waals surface area contributed by atoms with Crippen molar-refractivity contribution in [2.45, 2.75) is 20.0 Å². The van der Waals surface area contributed by atoms with Gasteiger partial charge in [0.1, 0.15) is 0 Å². The smallest absolute Gasteiger partial charge is 0.0690 e. The first kappa shape index (κ1) is 13.5. The largest absolute Gasteiger partial charge is 0.308 e. The Morgan fingerprint density at radius 2 is 1.95 bits per heavy atom. The molecule has 0 aliphatic carbocycles. The number of benzene rings is 1. The second-order valence-electron chi connectivity index (χ2n) is 4.99. The molecule has 21 heavy (non-hydrogen) atoms. The highest BCUT2D eigenvalue weighted by atomic mass is 15.3. The molecule has 106 valence electrons. The molecule has 0 spiro atoms. The highest BCUT2D eigenvalue weighted by Crippen LogP contribution is 2.13. The summed E-state index contributed by atoms with van der Waals surface area (Å²) in [5.74, 6) is 0. The predicted octanol–water partition coefficient (Wildman–Crippen LogP) is 2.87. The van der Waals surface area contributed by atoms with E-state index in [1.165, 1.54) is 11.1 Å². The van der Waals surface area contributed by atoms with Crippen molar-refractivity contribution in [2.24, 2.45) is 0 Å². The summed E-state index contributed by atoms with van der Waals surface area (Å²) >= 11 is 0. The average Bonchev–Trinajstić information content (AvgIpc) is 3.04. The van der Waals surface area contributed by atoms with Gasteiger partial charge in [-0.15, -0.1) is 0 Å². The summed E-state index contributed by atoms with van der Waals surface area (Å²) in [6.45, 7) is 3.60. The minimum atomic E-state index is 0.796. The van der Waals surface area contributed by atoms with E-state index in [0.29, 0.717) is 0 Å². The van der Waals surface area contributed by atoms with Gasteiger partial charge in [-0.2, -0.15) is 5.10 Å². The zero-order valence-corrected chi connectivity index (χ0v) is 12.0. The van der Waals surface area contributed by atoms with Gasteiger partial charge in [0.05, 0.1) is 5.69 Å². The highest BCUT2D eigenvalue weighted by Gasteiger charge is 2.03. The van der Waals surface area contributed by atoms with Gasteiger partial charge in [0.15, 0.2) is 0 Å². The Bertz CT molecular complexity index is 687. The van der Waals surface area contributed by atoms with Crippen molar-refractivity contribution in [3.8, 4) is 5.69 Å². The number of hydrogen-bond donors (Lipinski definition) is 1. The zero-order chi connectivity index (χ0) is 14.5. The van der Waals surface area contributed by atoms with E-state index in [4.69, 9.17) is 0 Å². The molecule has 0 saturated carbocycles. The SMILES string of the molecule is Cc1ccc(CNCc2ccccc2-n2cccn2)cn1. The van der Waals surface area contributed by atoms with E-state index in [1.54, 1.807) is 6.20 Å². The first-order chi connectivity index (χ1) is 10.3. The van der Waals surface area contributed by atoms with Crippen molar-refractivity contribution in [1.82, 2.24) is 20.1 Å². The molecule has 2 aromatic heterocycles. The third kappa shape index (κ3) is 3.35. The van der Waals surface area contributed by atoms with Crippen LogP contribution >= 0.6 is 0 Å². The van der Waals surface area contributed by atoms with Crippen molar-refractivity contribution in [3.05, 3.63) is 77.9 Å². The van der Waals surface area contributed by atoms with Crippen LogP contribution in [0, 0.1) is 6.92 Å². The van der Waals surface area contributed by atoms with E-state index >= 15 is 0 Å². The molecule has 1 N–H and O–H groups in total. The Labute approximate surface area is 124 Å². The number of rotatable bonds is 5. The predicted molar refractivity (Wildman–Crippen MR) is 83.1 cm³/mol.